The first-order valence-electron chi connectivity index (χ1n) is 10.6. The van der Waals surface area contributed by atoms with Gasteiger partial charge in [-0.15, -0.1) is 0 Å². The van der Waals surface area contributed by atoms with E-state index in [0.29, 0.717) is 29.1 Å². The summed E-state index contributed by atoms with van der Waals surface area (Å²) in [5, 5.41) is 9.74. The van der Waals surface area contributed by atoms with Gasteiger partial charge in [-0.25, -0.2) is 9.78 Å². The third-order valence-corrected chi connectivity index (χ3v) is 5.46. The first kappa shape index (κ1) is 22.5. The number of imidazole rings is 1. The maximum atomic E-state index is 13.6. The Morgan fingerprint density at radius 3 is 2.12 bits per heavy atom. The Bertz CT molecular complexity index is 1350. The molecule has 9 nitrogen and oxygen atoms in total. The smallest absolute Gasteiger partial charge is 0.332 e. The van der Waals surface area contributed by atoms with Gasteiger partial charge in [-0.3, -0.25) is 13.9 Å². The molecule has 0 aliphatic heterocycles. The van der Waals surface area contributed by atoms with Crippen LogP contribution in [0.4, 0.5) is 0 Å². The number of hydrogen-bond acceptors (Lipinski definition) is 6. The summed E-state index contributed by atoms with van der Waals surface area (Å²) in [5.41, 5.74) is 1.45. The number of phenolic OH excluding ortho intramolecular Hbond substituents is 1. The van der Waals surface area contributed by atoms with Gasteiger partial charge in [0.1, 0.15) is 11.6 Å². The summed E-state index contributed by atoms with van der Waals surface area (Å²) < 4.78 is 14.8. The van der Waals surface area contributed by atoms with Crippen LogP contribution in [0.1, 0.15) is 5.56 Å². The number of nitrogens with zero attached hydrogens (tertiary/aromatic N) is 4. The van der Waals surface area contributed by atoms with E-state index >= 15 is 0 Å². The van der Waals surface area contributed by atoms with Gasteiger partial charge in [0.25, 0.3) is 5.56 Å². The Hall–Kier alpha value is -3.69. The molecule has 0 saturated heterocycles. The van der Waals surface area contributed by atoms with Crippen molar-refractivity contribution in [2.75, 3.05) is 27.4 Å². The molecule has 2 aromatic heterocycles. The minimum absolute atomic E-state index is 0.127. The highest BCUT2D eigenvalue weighted by molar-refractivity contribution is 5.77. The van der Waals surface area contributed by atoms with Crippen molar-refractivity contribution in [3.8, 4) is 17.1 Å². The lowest BCUT2D eigenvalue weighted by molar-refractivity contribution is 0.179. The number of benzene rings is 2. The normalized spacial score (nSPS) is 11.3. The predicted molar refractivity (Wildman–Crippen MR) is 125 cm³/mol. The minimum Gasteiger partial charge on any atom is -0.508 e. The van der Waals surface area contributed by atoms with Gasteiger partial charge >= 0.3 is 5.69 Å². The van der Waals surface area contributed by atoms with E-state index in [-0.39, 0.29) is 32.1 Å². The second kappa shape index (κ2) is 9.85. The highest BCUT2D eigenvalue weighted by Gasteiger charge is 2.22. The first-order valence-corrected chi connectivity index (χ1v) is 10.6. The summed E-state index contributed by atoms with van der Waals surface area (Å²) >= 11 is 0. The van der Waals surface area contributed by atoms with E-state index < -0.39 is 11.2 Å². The Kier molecular flexibility index (Phi) is 6.71. The molecule has 9 heteroatoms. The monoisotopic (exact) mass is 450 g/mol. The summed E-state index contributed by atoms with van der Waals surface area (Å²) in [6.45, 7) is 1.27. The number of ether oxygens (including phenoxy) is 2. The van der Waals surface area contributed by atoms with Gasteiger partial charge in [-0.2, -0.15) is 0 Å². The lowest BCUT2D eigenvalue weighted by atomic mass is 10.2. The molecule has 0 spiro atoms. The minimum atomic E-state index is -0.455. The van der Waals surface area contributed by atoms with Crippen LogP contribution in [0.25, 0.3) is 22.6 Å². The Balaban J connectivity index is 2.04. The molecule has 0 aliphatic rings. The lowest BCUT2D eigenvalue weighted by Gasteiger charge is -2.13. The van der Waals surface area contributed by atoms with Gasteiger partial charge in [0.05, 0.1) is 26.3 Å². The second-order valence-electron chi connectivity index (χ2n) is 7.60. The molecule has 172 valence electrons. The van der Waals surface area contributed by atoms with Gasteiger partial charge in [-0.05, 0) is 29.8 Å². The standard InChI is InChI=1S/C24H26N4O5/c1-32-14-12-26-22-20(23(30)27(24(26)31)13-15-33-2)28(16-17-6-4-3-5-7-17)21(25-22)18-8-10-19(29)11-9-18/h3-11,29H,12-16H2,1-2H3. The largest absolute Gasteiger partial charge is 0.508 e. The first-order chi connectivity index (χ1) is 16.0. The van der Waals surface area contributed by atoms with Crippen molar-refractivity contribution in [2.24, 2.45) is 0 Å². The number of aromatic hydroxyl groups is 1. The molecular weight excluding hydrogens is 424 g/mol. The number of aromatic nitrogens is 4. The van der Waals surface area contributed by atoms with Crippen molar-refractivity contribution in [2.45, 2.75) is 19.6 Å². The zero-order chi connectivity index (χ0) is 23.4. The van der Waals surface area contributed by atoms with Crippen molar-refractivity contribution in [1.82, 2.24) is 18.7 Å². The van der Waals surface area contributed by atoms with Crippen molar-refractivity contribution < 1.29 is 14.6 Å². The van der Waals surface area contributed by atoms with E-state index in [2.05, 4.69) is 0 Å². The van der Waals surface area contributed by atoms with Gasteiger partial charge in [0.2, 0.25) is 0 Å². The van der Waals surface area contributed by atoms with Gasteiger partial charge < -0.3 is 19.1 Å². The zero-order valence-electron chi connectivity index (χ0n) is 18.6. The van der Waals surface area contributed by atoms with E-state index in [1.165, 1.54) is 16.2 Å². The van der Waals surface area contributed by atoms with Crippen LogP contribution in [0.5, 0.6) is 5.75 Å². The number of rotatable bonds is 9. The molecule has 4 rings (SSSR count). The van der Waals surface area contributed by atoms with Gasteiger partial charge in [0, 0.05) is 26.3 Å². The van der Waals surface area contributed by atoms with Crippen molar-refractivity contribution in [3.05, 3.63) is 81.0 Å². The highest BCUT2D eigenvalue weighted by Crippen LogP contribution is 2.25. The summed E-state index contributed by atoms with van der Waals surface area (Å²) in [6.07, 6.45) is 0. The highest BCUT2D eigenvalue weighted by atomic mass is 16.5. The molecule has 2 heterocycles. The number of hydrogen-bond donors (Lipinski definition) is 1. The van der Waals surface area contributed by atoms with Crippen molar-refractivity contribution in [3.63, 3.8) is 0 Å². The summed E-state index contributed by atoms with van der Waals surface area (Å²) in [5.74, 6) is 0.657. The fourth-order valence-electron chi connectivity index (χ4n) is 3.81. The SMILES string of the molecule is COCCn1c(=O)c2c(nc(-c3ccc(O)cc3)n2Cc2ccccc2)n(CCOC)c1=O. The van der Waals surface area contributed by atoms with E-state index in [9.17, 15) is 14.7 Å². The van der Waals surface area contributed by atoms with Gasteiger partial charge in [0.15, 0.2) is 11.2 Å². The molecule has 1 N–H and O–H groups in total. The van der Waals surface area contributed by atoms with E-state index in [1.54, 1.807) is 31.4 Å². The average molecular weight is 450 g/mol. The maximum absolute atomic E-state index is 13.6. The number of fused-ring (bicyclic) bond motifs is 1. The molecule has 0 unspecified atom stereocenters. The quantitative estimate of drug-likeness (QED) is 0.419. The summed E-state index contributed by atoms with van der Waals surface area (Å²) in [6, 6.07) is 16.3. The number of phenols is 1. The molecule has 0 fully saturated rings. The van der Waals surface area contributed by atoms with Crippen LogP contribution in [-0.4, -0.2) is 51.2 Å². The molecule has 0 radical (unpaired) electrons. The topological polar surface area (TPSA) is 101 Å². The number of methoxy groups -OCH3 is 2. The molecule has 0 amide bonds. The Morgan fingerprint density at radius 2 is 1.48 bits per heavy atom. The van der Waals surface area contributed by atoms with Crippen molar-refractivity contribution in [1.29, 1.82) is 0 Å². The summed E-state index contributed by atoms with van der Waals surface area (Å²) in [4.78, 5) is 31.5. The Morgan fingerprint density at radius 1 is 0.848 bits per heavy atom. The lowest BCUT2D eigenvalue weighted by Crippen LogP contribution is -2.42. The van der Waals surface area contributed by atoms with Crippen LogP contribution in [0.2, 0.25) is 0 Å². The van der Waals surface area contributed by atoms with Crippen LogP contribution in [0.3, 0.4) is 0 Å². The fraction of sp³-hybridized carbons (Fsp3) is 0.292. The molecule has 33 heavy (non-hydrogen) atoms. The summed E-state index contributed by atoms with van der Waals surface area (Å²) in [7, 11) is 3.08. The Labute approximate surface area is 190 Å². The van der Waals surface area contributed by atoms with E-state index in [0.717, 1.165) is 5.56 Å². The third kappa shape index (κ3) is 4.46. The fourth-order valence-corrected chi connectivity index (χ4v) is 3.81. The predicted octanol–water partition coefficient (Wildman–Crippen LogP) is 2.07. The molecule has 0 atom stereocenters. The maximum Gasteiger partial charge on any atom is 0.332 e. The average Bonchev–Trinajstić information content (AvgIpc) is 3.19. The molecular formula is C24H26N4O5. The second-order valence-corrected chi connectivity index (χ2v) is 7.60. The molecule has 4 aromatic rings. The van der Waals surface area contributed by atoms with E-state index in [4.69, 9.17) is 14.5 Å². The molecule has 0 saturated carbocycles. The van der Waals surface area contributed by atoms with Gasteiger partial charge in [-0.1, -0.05) is 30.3 Å². The van der Waals surface area contributed by atoms with Crippen LogP contribution in [0, 0.1) is 0 Å². The van der Waals surface area contributed by atoms with Crippen LogP contribution in [-0.2, 0) is 29.1 Å². The molecule has 2 aromatic carbocycles. The molecule has 0 aliphatic carbocycles. The van der Waals surface area contributed by atoms with Crippen LogP contribution >= 0.6 is 0 Å². The van der Waals surface area contributed by atoms with E-state index in [1.807, 2.05) is 34.9 Å². The van der Waals surface area contributed by atoms with Crippen LogP contribution < -0.4 is 11.2 Å². The zero-order valence-corrected chi connectivity index (χ0v) is 18.6. The third-order valence-electron chi connectivity index (χ3n) is 5.46. The molecule has 0 bridgehead atoms. The van der Waals surface area contributed by atoms with Crippen molar-refractivity contribution >= 4 is 11.2 Å². The van der Waals surface area contributed by atoms with Crippen LogP contribution in [0.15, 0.2) is 64.2 Å².